The zero-order valence-electron chi connectivity index (χ0n) is 23.2. The number of halogens is 3. The third-order valence-corrected chi connectivity index (χ3v) is 6.25. The molecule has 1 aromatic carbocycles. The van der Waals surface area contributed by atoms with Crippen LogP contribution < -0.4 is 16.0 Å². The molecule has 4 rings (SSSR count). The molecule has 1 fully saturated rings. The van der Waals surface area contributed by atoms with Crippen LogP contribution in [0.3, 0.4) is 0 Å². The van der Waals surface area contributed by atoms with E-state index < -0.39 is 24.4 Å². The molecule has 2 heterocycles. The molecule has 0 aliphatic heterocycles. The molecule has 3 N–H and O–H groups in total. The van der Waals surface area contributed by atoms with E-state index in [1.165, 1.54) is 0 Å². The van der Waals surface area contributed by atoms with E-state index in [0.29, 0.717) is 29.7 Å². The number of anilines is 2. The molecule has 39 heavy (non-hydrogen) atoms. The van der Waals surface area contributed by atoms with Crippen molar-refractivity contribution >= 4 is 28.7 Å². The molecule has 3 aromatic rings. The van der Waals surface area contributed by atoms with Gasteiger partial charge in [0.2, 0.25) is 0 Å². The molecule has 0 radical (unpaired) electrons. The number of hydrogen-bond donors (Lipinski definition) is 3. The number of carbonyl (C=O) groups is 1. The van der Waals surface area contributed by atoms with Gasteiger partial charge < -0.3 is 25.1 Å². The third kappa shape index (κ3) is 7.30. The van der Waals surface area contributed by atoms with Crippen LogP contribution >= 0.6 is 0 Å². The Balaban J connectivity index is 1.50. The number of pyridine rings is 1. The predicted octanol–water partition coefficient (Wildman–Crippen LogP) is 6.33. The Morgan fingerprint density at radius 2 is 1.74 bits per heavy atom. The van der Waals surface area contributed by atoms with Crippen LogP contribution in [0, 0.1) is 6.92 Å². The number of nitrogens with one attached hydrogen (secondary N) is 3. The number of fused-ring (bicyclic) bond motifs is 1. The van der Waals surface area contributed by atoms with Gasteiger partial charge in [-0.1, -0.05) is 25.9 Å². The molecular weight excluding hydrogens is 513 g/mol. The summed E-state index contributed by atoms with van der Waals surface area (Å²) in [7, 11) is 0. The first-order valence-electron chi connectivity index (χ1n) is 12.8. The van der Waals surface area contributed by atoms with Gasteiger partial charge in [-0.05, 0) is 75.3 Å². The molecule has 0 bridgehead atoms. The highest BCUT2D eigenvalue weighted by Gasteiger charge is 2.33. The molecular formula is C27H35F3N6O3. The van der Waals surface area contributed by atoms with Gasteiger partial charge in [-0.25, -0.2) is 9.78 Å². The van der Waals surface area contributed by atoms with Gasteiger partial charge in [0.25, 0.3) is 5.89 Å². The highest BCUT2D eigenvalue weighted by molar-refractivity contribution is 5.90. The summed E-state index contributed by atoms with van der Waals surface area (Å²) in [6.45, 7) is 12.1. The lowest BCUT2D eigenvalue weighted by molar-refractivity contribution is -0.115. The molecule has 2 aromatic heterocycles. The van der Waals surface area contributed by atoms with Crippen LogP contribution in [0.4, 0.5) is 29.7 Å². The number of ether oxygens (including phenoxy) is 1. The number of hydrogen-bond acceptors (Lipinski definition) is 8. The van der Waals surface area contributed by atoms with Gasteiger partial charge in [0.15, 0.2) is 0 Å². The molecule has 212 valence electrons. The minimum atomic E-state index is -4.33. The Morgan fingerprint density at radius 3 is 2.36 bits per heavy atom. The highest BCUT2D eigenvalue weighted by atomic mass is 19.4. The summed E-state index contributed by atoms with van der Waals surface area (Å²) in [6.07, 6.45) is -3.40. The lowest BCUT2D eigenvalue weighted by Gasteiger charge is -2.36. The van der Waals surface area contributed by atoms with Gasteiger partial charge >= 0.3 is 18.3 Å². The zero-order chi connectivity index (χ0) is 28.8. The minimum absolute atomic E-state index is 0.00382. The quantitative estimate of drug-likeness (QED) is 0.327. The maximum atomic E-state index is 12.8. The number of nitrogens with zero attached hydrogens (tertiary/aromatic N) is 3. The number of amides is 1. The maximum Gasteiger partial charge on any atom is 0.407 e. The average molecular weight is 549 g/mol. The Hall–Kier alpha value is -3.57. The SMILES string of the molecule is Cc1cc(-c2nnc(NC3CC(NC(=O)OC(C)(C)C)C3)o2)nc2c(C(C)(C)C)cc(NCC(F)(F)F)cc12. The zero-order valence-corrected chi connectivity index (χ0v) is 23.2. The van der Waals surface area contributed by atoms with Crippen molar-refractivity contribution in [3.63, 3.8) is 0 Å². The van der Waals surface area contributed by atoms with Crippen LogP contribution in [0.5, 0.6) is 0 Å². The van der Waals surface area contributed by atoms with Crippen molar-refractivity contribution in [1.29, 1.82) is 0 Å². The van der Waals surface area contributed by atoms with Crippen LogP contribution in [-0.4, -0.2) is 51.7 Å². The van der Waals surface area contributed by atoms with Crippen LogP contribution in [0.25, 0.3) is 22.5 Å². The van der Waals surface area contributed by atoms with Crippen LogP contribution in [0.2, 0.25) is 0 Å². The normalized spacial score (nSPS) is 18.0. The number of alkyl halides is 3. The number of aromatic nitrogens is 3. The third-order valence-electron chi connectivity index (χ3n) is 6.25. The summed E-state index contributed by atoms with van der Waals surface area (Å²) in [5.74, 6) is 0.226. The average Bonchev–Trinajstić information content (AvgIpc) is 3.22. The van der Waals surface area contributed by atoms with Crippen LogP contribution in [0.15, 0.2) is 22.6 Å². The van der Waals surface area contributed by atoms with Gasteiger partial charge in [-0.3, -0.25) is 0 Å². The van der Waals surface area contributed by atoms with Crippen molar-refractivity contribution < 1.29 is 27.1 Å². The van der Waals surface area contributed by atoms with Crippen molar-refractivity contribution in [3.8, 4) is 11.6 Å². The number of carbonyl (C=O) groups excluding carboxylic acids is 1. The Labute approximate surface area is 225 Å². The summed E-state index contributed by atoms with van der Waals surface area (Å²) in [6, 6.07) is 5.47. The molecule has 9 nitrogen and oxygen atoms in total. The predicted molar refractivity (Wildman–Crippen MR) is 143 cm³/mol. The topological polar surface area (TPSA) is 114 Å². The van der Waals surface area contributed by atoms with E-state index in [-0.39, 0.29) is 29.4 Å². The first kappa shape index (κ1) is 28.4. The molecule has 1 saturated carbocycles. The molecule has 0 spiro atoms. The largest absolute Gasteiger partial charge is 0.444 e. The number of aryl methyl sites for hydroxylation is 1. The van der Waals surface area contributed by atoms with Crippen LogP contribution in [-0.2, 0) is 10.2 Å². The van der Waals surface area contributed by atoms with E-state index in [0.717, 1.165) is 16.5 Å². The Kier molecular flexibility index (Phi) is 7.44. The maximum absolute atomic E-state index is 12.8. The molecule has 1 aliphatic carbocycles. The van der Waals surface area contributed by atoms with Gasteiger partial charge in [0.05, 0.1) is 5.52 Å². The Bertz CT molecular complexity index is 1350. The lowest BCUT2D eigenvalue weighted by Crippen LogP contribution is -2.50. The lowest BCUT2D eigenvalue weighted by atomic mass is 9.84. The second kappa shape index (κ2) is 10.2. The molecule has 0 saturated heterocycles. The van der Waals surface area contributed by atoms with E-state index in [1.54, 1.807) is 18.2 Å². The van der Waals surface area contributed by atoms with E-state index in [1.807, 2.05) is 48.5 Å². The molecule has 0 atom stereocenters. The smallest absolute Gasteiger partial charge is 0.407 e. The fraction of sp³-hybridized carbons (Fsp3) is 0.556. The minimum Gasteiger partial charge on any atom is -0.444 e. The van der Waals surface area contributed by atoms with Gasteiger partial charge in [0.1, 0.15) is 17.8 Å². The second-order valence-electron chi connectivity index (χ2n) is 12.0. The summed E-state index contributed by atoms with van der Waals surface area (Å²) in [5, 5.41) is 17.5. The van der Waals surface area contributed by atoms with Crippen molar-refractivity contribution in [2.24, 2.45) is 0 Å². The highest BCUT2D eigenvalue weighted by Crippen LogP contribution is 2.36. The standard InChI is InChI=1S/C27H35F3N6O3/c1-14-8-20(34-21-18(14)11-15(31-13-27(28,29)30)12-19(21)25(2,3)4)22-35-36-23(38-22)32-16-9-17(10-16)33-24(37)39-26(5,6)7/h8,11-12,16-17,31H,9-10,13H2,1-7H3,(H,32,36)(H,33,37). The number of benzene rings is 1. The van der Waals surface area contributed by atoms with Crippen molar-refractivity contribution in [2.45, 2.75) is 90.6 Å². The summed E-state index contributed by atoms with van der Waals surface area (Å²) in [4.78, 5) is 16.7. The Morgan fingerprint density at radius 1 is 1.05 bits per heavy atom. The molecule has 1 aliphatic rings. The van der Waals surface area contributed by atoms with E-state index >= 15 is 0 Å². The van der Waals surface area contributed by atoms with Crippen molar-refractivity contribution in [1.82, 2.24) is 20.5 Å². The number of rotatable bonds is 6. The molecule has 1 amide bonds. The summed E-state index contributed by atoms with van der Waals surface area (Å²) >= 11 is 0. The van der Waals surface area contributed by atoms with E-state index in [9.17, 15) is 18.0 Å². The van der Waals surface area contributed by atoms with Gasteiger partial charge in [-0.15, -0.1) is 5.10 Å². The molecule has 0 unspecified atom stereocenters. The fourth-order valence-corrected chi connectivity index (χ4v) is 4.36. The van der Waals surface area contributed by atoms with Crippen molar-refractivity contribution in [2.75, 3.05) is 17.2 Å². The summed E-state index contributed by atoms with van der Waals surface area (Å²) in [5.41, 5.74) is 2.19. The van der Waals surface area contributed by atoms with Gasteiger partial charge in [0, 0.05) is 23.2 Å². The van der Waals surface area contributed by atoms with Crippen molar-refractivity contribution in [3.05, 3.63) is 29.3 Å². The molecule has 12 heteroatoms. The summed E-state index contributed by atoms with van der Waals surface area (Å²) < 4.78 is 49.6. The number of alkyl carbamates (subject to hydrolysis) is 1. The first-order valence-corrected chi connectivity index (χ1v) is 12.8. The fourth-order valence-electron chi connectivity index (χ4n) is 4.36. The van der Waals surface area contributed by atoms with Gasteiger partial charge in [-0.2, -0.15) is 13.2 Å². The van der Waals surface area contributed by atoms with E-state index in [2.05, 4.69) is 26.1 Å². The van der Waals surface area contributed by atoms with E-state index in [4.69, 9.17) is 14.1 Å². The first-order chi connectivity index (χ1) is 18.0. The monoisotopic (exact) mass is 548 g/mol. The second-order valence-corrected chi connectivity index (χ2v) is 12.0. The van der Waals surface area contributed by atoms with Crippen LogP contribution in [0.1, 0.15) is 65.5 Å².